The largest absolute Gasteiger partial charge is 0.389 e. The smallest absolute Gasteiger partial charge is 0.217 e. The molecule has 1 saturated carbocycles. The lowest BCUT2D eigenvalue weighted by atomic mass is 9.93. The number of nitrogens with one attached hydrogen (secondary N) is 1. The van der Waals surface area contributed by atoms with Crippen LogP contribution in [0.15, 0.2) is 18.5 Å². The zero-order valence-electron chi connectivity index (χ0n) is 16.9. The van der Waals surface area contributed by atoms with Crippen LogP contribution in [0.1, 0.15) is 37.9 Å². The van der Waals surface area contributed by atoms with E-state index in [1.54, 1.807) is 6.20 Å². The summed E-state index contributed by atoms with van der Waals surface area (Å²) in [6.07, 6.45) is 5.07. The number of ether oxygens (including phenoxy) is 1. The van der Waals surface area contributed by atoms with Gasteiger partial charge in [0.2, 0.25) is 10.0 Å². The number of sulfonamides is 1. The fourth-order valence-electron chi connectivity index (χ4n) is 5.03. The highest BCUT2D eigenvalue weighted by atomic mass is 32.2. The third kappa shape index (κ3) is 3.29. The van der Waals surface area contributed by atoms with Gasteiger partial charge in [0.15, 0.2) is 11.3 Å². The Morgan fingerprint density at radius 3 is 2.87 bits per heavy atom. The van der Waals surface area contributed by atoms with Crippen LogP contribution in [0.3, 0.4) is 0 Å². The Morgan fingerprint density at radius 2 is 2.10 bits per heavy atom. The first-order chi connectivity index (χ1) is 14.4. The molecule has 0 aromatic carbocycles. The van der Waals surface area contributed by atoms with E-state index in [-0.39, 0.29) is 17.6 Å². The summed E-state index contributed by atoms with van der Waals surface area (Å²) in [6.45, 7) is 3.53. The number of H-pyrrole nitrogens is 1. The first-order valence-electron chi connectivity index (χ1n) is 10.4. The molecule has 0 spiro atoms. The van der Waals surface area contributed by atoms with Crippen molar-refractivity contribution in [3.63, 3.8) is 0 Å². The van der Waals surface area contributed by atoms with Gasteiger partial charge >= 0.3 is 0 Å². The van der Waals surface area contributed by atoms with Gasteiger partial charge in [0.25, 0.3) is 0 Å². The summed E-state index contributed by atoms with van der Waals surface area (Å²) in [6, 6.07) is 1.92. The third-order valence-corrected chi connectivity index (χ3v) is 8.50. The summed E-state index contributed by atoms with van der Waals surface area (Å²) in [4.78, 5) is 7.45. The number of nitrogens with zero attached hydrogens (tertiary/aromatic N) is 5. The highest BCUT2D eigenvalue weighted by molar-refractivity contribution is 7.89. The Labute approximate surface area is 174 Å². The lowest BCUT2D eigenvalue weighted by Gasteiger charge is -2.30. The maximum atomic E-state index is 13.0. The predicted octanol–water partition coefficient (Wildman–Crippen LogP) is 0.902. The van der Waals surface area contributed by atoms with Crippen molar-refractivity contribution >= 4 is 26.8 Å². The van der Waals surface area contributed by atoms with E-state index >= 15 is 0 Å². The quantitative estimate of drug-likeness (QED) is 0.611. The van der Waals surface area contributed by atoms with Crippen LogP contribution < -0.4 is 0 Å². The van der Waals surface area contributed by atoms with Gasteiger partial charge in [-0.05, 0) is 24.8 Å². The number of rotatable bonds is 5. The van der Waals surface area contributed by atoms with Crippen molar-refractivity contribution in [3.05, 3.63) is 24.3 Å². The van der Waals surface area contributed by atoms with Crippen molar-refractivity contribution in [1.29, 1.82) is 0 Å². The van der Waals surface area contributed by atoms with Gasteiger partial charge in [-0.25, -0.2) is 13.4 Å². The molecule has 1 aliphatic heterocycles. The minimum absolute atomic E-state index is 0.0876. The molecule has 1 saturated heterocycles. The number of hydrogen-bond donors (Lipinski definition) is 2. The molecule has 10 nitrogen and oxygen atoms in total. The van der Waals surface area contributed by atoms with Crippen LogP contribution in [-0.4, -0.2) is 80.1 Å². The molecule has 3 atom stereocenters. The molecule has 2 aliphatic rings. The van der Waals surface area contributed by atoms with Gasteiger partial charge in [-0.15, -0.1) is 10.2 Å². The lowest BCUT2D eigenvalue weighted by molar-refractivity contribution is 0.0570. The van der Waals surface area contributed by atoms with E-state index in [0.717, 1.165) is 23.4 Å². The molecule has 4 heterocycles. The Kier molecular flexibility index (Phi) is 4.80. The second-order valence-corrected chi connectivity index (χ2v) is 10.4. The highest BCUT2D eigenvalue weighted by Crippen LogP contribution is 2.47. The van der Waals surface area contributed by atoms with Crippen molar-refractivity contribution in [1.82, 2.24) is 28.9 Å². The van der Waals surface area contributed by atoms with Crippen molar-refractivity contribution in [2.24, 2.45) is 5.92 Å². The summed E-state index contributed by atoms with van der Waals surface area (Å²) < 4.78 is 34.6. The van der Waals surface area contributed by atoms with Crippen molar-refractivity contribution in [3.8, 4) is 0 Å². The molecule has 11 heteroatoms. The van der Waals surface area contributed by atoms with Crippen molar-refractivity contribution in [2.75, 3.05) is 32.1 Å². The van der Waals surface area contributed by atoms with Gasteiger partial charge in [0.05, 0.1) is 36.3 Å². The monoisotopic (exact) mass is 434 g/mol. The van der Waals surface area contributed by atoms with Crippen LogP contribution in [0.4, 0.5) is 0 Å². The Bertz CT molecular complexity index is 1170. The van der Waals surface area contributed by atoms with E-state index in [2.05, 4.69) is 27.1 Å². The molecule has 0 bridgehead atoms. The molecular formula is C19H26N6O4S. The number of fused-ring (bicyclic) bond motifs is 3. The molecule has 3 aromatic rings. The first-order valence-corrected chi connectivity index (χ1v) is 12.0. The average Bonchev–Trinajstić information content (AvgIpc) is 3.43. The van der Waals surface area contributed by atoms with Crippen LogP contribution >= 0.6 is 0 Å². The molecule has 0 unspecified atom stereocenters. The molecule has 162 valence electrons. The predicted molar refractivity (Wildman–Crippen MR) is 110 cm³/mol. The maximum Gasteiger partial charge on any atom is 0.217 e. The third-order valence-electron chi connectivity index (χ3n) is 6.45. The zero-order chi connectivity index (χ0) is 20.9. The second kappa shape index (κ2) is 7.26. The summed E-state index contributed by atoms with van der Waals surface area (Å²) in [5.74, 6) is 0.508. The topological polar surface area (TPSA) is 126 Å². The van der Waals surface area contributed by atoms with Crippen LogP contribution in [0.2, 0.25) is 0 Å². The Balaban J connectivity index is 1.47. The minimum atomic E-state index is -3.57. The first kappa shape index (κ1) is 19.9. The van der Waals surface area contributed by atoms with Gasteiger partial charge in [-0.2, -0.15) is 4.31 Å². The normalized spacial score (nSPS) is 28.6. The minimum Gasteiger partial charge on any atom is -0.389 e. The van der Waals surface area contributed by atoms with E-state index in [0.29, 0.717) is 44.8 Å². The van der Waals surface area contributed by atoms with E-state index < -0.39 is 15.6 Å². The molecular weight excluding hydrogens is 408 g/mol. The number of hydrogen-bond acceptors (Lipinski definition) is 7. The van der Waals surface area contributed by atoms with E-state index in [9.17, 15) is 13.5 Å². The van der Waals surface area contributed by atoms with Gasteiger partial charge in [0, 0.05) is 25.2 Å². The van der Waals surface area contributed by atoms with E-state index in [4.69, 9.17) is 4.74 Å². The van der Waals surface area contributed by atoms with Crippen LogP contribution in [0, 0.1) is 5.92 Å². The van der Waals surface area contributed by atoms with Crippen molar-refractivity contribution in [2.45, 2.75) is 37.7 Å². The number of aliphatic hydroxyl groups is 1. The molecule has 0 amide bonds. The summed E-state index contributed by atoms with van der Waals surface area (Å²) >= 11 is 0. The summed E-state index contributed by atoms with van der Waals surface area (Å²) in [7, 11) is -3.57. The molecule has 3 aromatic heterocycles. The fraction of sp³-hybridized carbons (Fsp3) is 0.632. The Morgan fingerprint density at radius 1 is 1.30 bits per heavy atom. The molecule has 1 aliphatic carbocycles. The number of morpholine rings is 1. The summed E-state index contributed by atoms with van der Waals surface area (Å²) in [5.41, 5.74) is 0.959. The molecule has 30 heavy (non-hydrogen) atoms. The average molecular weight is 435 g/mol. The number of aromatic amines is 1. The van der Waals surface area contributed by atoms with Gasteiger partial charge in [-0.1, -0.05) is 13.3 Å². The molecule has 5 rings (SSSR count). The van der Waals surface area contributed by atoms with E-state index in [1.807, 2.05) is 16.7 Å². The van der Waals surface area contributed by atoms with Gasteiger partial charge in [-0.3, -0.25) is 4.40 Å². The zero-order valence-corrected chi connectivity index (χ0v) is 17.7. The van der Waals surface area contributed by atoms with Gasteiger partial charge < -0.3 is 14.8 Å². The number of aromatic nitrogens is 5. The molecule has 0 radical (unpaired) electrons. The maximum absolute atomic E-state index is 13.0. The molecule has 2 fully saturated rings. The van der Waals surface area contributed by atoms with Crippen LogP contribution in [-0.2, 0) is 14.8 Å². The highest BCUT2D eigenvalue weighted by Gasteiger charge is 2.48. The van der Waals surface area contributed by atoms with Crippen LogP contribution in [0.5, 0.6) is 0 Å². The Hall–Kier alpha value is -2.08. The summed E-state index contributed by atoms with van der Waals surface area (Å²) in [5, 5.41) is 20.1. The van der Waals surface area contributed by atoms with E-state index in [1.165, 1.54) is 4.31 Å². The molecule has 2 N–H and O–H groups in total. The standard InChI is InChI=1S/C19H26N6O4S/c1-2-13-9-19(26,12-30(27,28)24-5-7-29-8-6-24)10-14(13)18-23-22-16-11-21-17-15(25(16)18)3-4-20-17/h3-4,11,13-14,20,26H,2,5-10,12H2,1H3/t13-,14+,19-/m1/s1. The second-order valence-electron chi connectivity index (χ2n) is 8.40. The van der Waals surface area contributed by atoms with Gasteiger partial charge in [0.1, 0.15) is 5.82 Å². The lowest BCUT2D eigenvalue weighted by Crippen LogP contribution is -2.47. The fourth-order valence-corrected chi connectivity index (χ4v) is 6.83. The van der Waals surface area contributed by atoms with Crippen LogP contribution in [0.25, 0.3) is 16.8 Å². The van der Waals surface area contributed by atoms with Crippen molar-refractivity contribution < 1.29 is 18.3 Å². The SMILES string of the molecule is CC[C@@H]1C[C@](O)(CS(=O)(=O)N2CCOCC2)C[C@@H]1c1nnc2cnc3[nH]ccc3n12.